The van der Waals surface area contributed by atoms with Gasteiger partial charge in [0.15, 0.2) is 12.1 Å². The van der Waals surface area contributed by atoms with Gasteiger partial charge in [0.25, 0.3) is 5.91 Å². The molecule has 0 saturated carbocycles. The van der Waals surface area contributed by atoms with Crippen LogP contribution in [0.15, 0.2) is 78.9 Å². The van der Waals surface area contributed by atoms with E-state index in [0.717, 1.165) is 19.2 Å². The summed E-state index contributed by atoms with van der Waals surface area (Å²) < 4.78 is 38.3. The van der Waals surface area contributed by atoms with Gasteiger partial charge in [0.05, 0.1) is 30.7 Å². The number of carboxylic acid groups (broad SMARTS) is 1. The number of fused-ring (bicyclic) bond motifs is 1. The average Bonchev–Trinajstić information content (AvgIpc) is 3.57. The molecule has 2 atom stereocenters. The van der Waals surface area contributed by atoms with E-state index in [1.807, 2.05) is 13.8 Å². The van der Waals surface area contributed by atoms with Crippen LogP contribution in [0.5, 0.6) is 11.5 Å². The average molecular weight is 1110 g/mol. The number of amides is 2. The van der Waals surface area contributed by atoms with E-state index in [1.165, 1.54) is 36.8 Å². The van der Waals surface area contributed by atoms with Crippen LogP contribution in [0.2, 0.25) is 5.02 Å². The van der Waals surface area contributed by atoms with Crippen LogP contribution in [-0.2, 0) is 46.7 Å². The molecule has 0 spiro atoms. The van der Waals surface area contributed by atoms with E-state index >= 15 is 0 Å². The molecule has 0 bridgehead atoms. The van der Waals surface area contributed by atoms with Crippen molar-refractivity contribution < 1.29 is 78.3 Å². The van der Waals surface area contributed by atoms with Crippen molar-refractivity contribution >= 4 is 58.3 Å². The van der Waals surface area contributed by atoms with Crippen molar-refractivity contribution in [2.45, 2.75) is 78.3 Å². The van der Waals surface area contributed by atoms with Crippen LogP contribution in [0, 0.1) is 25.5 Å². The molecule has 354 valence electrons. The first-order valence-electron chi connectivity index (χ1n) is 20.5. The number of Topliss-reactive ketones (excluding diaryl/α,β-unsaturated/α-hetero) is 1. The Kier molecular flexibility index (Phi) is 26.2. The Balaban J connectivity index is 0.000000756. The molecule has 0 radical (unpaired) electrons. The molecule has 5 N–H and O–H groups in total. The molecule has 5 aromatic rings. The summed E-state index contributed by atoms with van der Waals surface area (Å²) in [4.78, 5) is 73.7. The number of hydrogen-bond acceptors (Lipinski definition) is 9. The smallest absolute Gasteiger partial charge is 0.644 e. The number of benzene rings is 4. The molecule has 5 rings (SSSR count). The summed E-state index contributed by atoms with van der Waals surface area (Å²) in [5.41, 5.74) is 9.79. The summed E-state index contributed by atoms with van der Waals surface area (Å²) in [5.74, 6) is -3.47. The third kappa shape index (κ3) is 16.6. The zero-order valence-corrected chi connectivity index (χ0v) is 41.2. The number of nitrogens with zero attached hydrogens (tertiary/aromatic N) is 1. The van der Waals surface area contributed by atoms with Crippen LogP contribution in [0.4, 0.5) is 8.78 Å². The van der Waals surface area contributed by atoms with Crippen molar-refractivity contribution in [3.05, 3.63) is 131 Å². The minimum absolute atomic E-state index is 0. The van der Waals surface area contributed by atoms with Crippen molar-refractivity contribution in [2.75, 3.05) is 21.0 Å². The maximum atomic E-state index is 13.6. The zero-order chi connectivity index (χ0) is 48.8. The SMILES string of the molecule is CC.CO.[CH2-]CCCC(NC(=O)CCC(NC(=O)Cc1c(C)n(C(=O)c2ccc(Cl)cc2)c2ccc(OC)cc12)C(=O)O)C(C)=O.[NH-]COc1ccc(-c2ccc(F)cc2F)cc1C=O.[W+2]. The number of aliphatic carboxylic acids is 1. The van der Waals surface area contributed by atoms with Gasteiger partial charge >= 0.3 is 27.0 Å². The molecular formula is C48H55ClF2N4O10W. The largest absolute Gasteiger partial charge is 2.00 e. The molecule has 0 aliphatic heterocycles. The molecule has 0 saturated heterocycles. The van der Waals surface area contributed by atoms with Gasteiger partial charge in [-0.05, 0) is 111 Å². The van der Waals surface area contributed by atoms with Gasteiger partial charge in [-0.1, -0.05) is 37.9 Å². The summed E-state index contributed by atoms with van der Waals surface area (Å²) in [6, 6.07) is 17.3. The van der Waals surface area contributed by atoms with Crippen molar-refractivity contribution in [3.63, 3.8) is 0 Å². The van der Waals surface area contributed by atoms with E-state index in [1.54, 1.807) is 55.5 Å². The van der Waals surface area contributed by atoms with Crippen molar-refractivity contribution in [3.8, 4) is 22.6 Å². The van der Waals surface area contributed by atoms with Crippen molar-refractivity contribution in [1.82, 2.24) is 15.2 Å². The number of aliphatic hydroxyl groups excluding tert-OH is 1. The number of ether oxygens (including phenoxy) is 2. The van der Waals surface area contributed by atoms with Gasteiger partial charge in [-0.25, -0.2) is 13.6 Å². The zero-order valence-electron chi connectivity index (χ0n) is 37.5. The third-order valence-electron chi connectivity index (χ3n) is 9.64. The first kappa shape index (κ1) is 58.2. The summed E-state index contributed by atoms with van der Waals surface area (Å²) in [5, 5.41) is 22.9. The van der Waals surface area contributed by atoms with E-state index in [-0.39, 0.29) is 75.6 Å². The number of carbonyl (C=O) groups is 6. The predicted molar refractivity (Wildman–Crippen MR) is 245 cm³/mol. The predicted octanol–water partition coefficient (Wildman–Crippen LogP) is 8.74. The molecule has 0 aliphatic carbocycles. The maximum absolute atomic E-state index is 13.6. The van der Waals surface area contributed by atoms with Gasteiger partial charge < -0.3 is 43.0 Å². The van der Waals surface area contributed by atoms with E-state index in [4.69, 9.17) is 31.9 Å². The molecule has 4 aromatic carbocycles. The third-order valence-corrected chi connectivity index (χ3v) is 9.89. The fourth-order valence-corrected chi connectivity index (χ4v) is 6.59. The number of aldehydes is 1. The number of carboxylic acids is 1. The van der Waals surface area contributed by atoms with Crippen molar-refractivity contribution in [2.24, 2.45) is 0 Å². The van der Waals surface area contributed by atoms with Gasteiger partial charge in [-0.3, -0.25) is 28.5 Å². The number of ketones is 1. The van der Waals surface area contributed by atoms with Crippen molar-refractivity contribution in [1.29, 1.82) is 0 Å². The molecule has 14 nitrogen and oxygen atoms in total. The molecule has 0 aliphatic rings. The van der Waals surface area contributed by atoms with E-state index in [0.29, 0.717) is 69.6 Å². The number of rotatable bonds is 18. The summed E-state index contributed by atoms with van der Waals surface area (Å²) >= 11 is 5.98. The number of hydrogen-bond donors (Lipinski definition) is 4. The molecule has 18 heteroatoms. The number of nitrogens with one attached hydrogen (secondary N) is 3. The standard InChI is InChI=1S/C31H35ClN3O7.C14H10F2NO2.C2H6.CH4O.W/c1-5-6-7-25(19(3)36)33-28(37)15-13-26(31(40)41)34-29(38)17-23-18(2)35(27-14-12-22(42-4)16-24(23)27)30(39)20-8-10-21(32)11-9-20;15-11-2-3-12(13(16)6-11)9-1-4-14(19-8-17)10(5-9)7-18;2*1-2;/h8-12,14,16,25-26H,1,5-7,13,15,17H2,2-4H3,(H,33,37)(H,34,38)(H,40,41);1-7,17H,8H2;1-2H3;2H,1H3;/q2*-1;;;+2. The Bertz CT molecular complexity index is 2410. The van der Waals surface area contributed by atoms with Gasteiger partial charge in [0.1, 0.15) is 29.2 Å². The van der Waals surface area contributed by atoms with Gasteiger partial charge in [0.2, 0.25) is 11.8 Å². The van der Waals surface area contributed by atoms with Crippen LogP contribution < -0.4 is 20.1 Å². The first-order valence-corrected chi connectivity index (χ1v) is 20.9. The number of methoxy groups -OCH3 is 1. The molecule has 1 heterocycles. The second kappa shape index (κ2) is 29.7. The summed E-state index contributed by atoms with van der Waals surface area (Å²) in [6.45, 7) is 10.5. The van der Waals surface area contributed by atoms with Crippen LogP contribution >= 0.6 is 11.6 Å². The fourth-order valence-electron chi connectivity index (χ4n) is 6.47. The Labute approximate surface area is 402 Å². The number of unbranched alkanes of at least 4 members (excludes halogenated alkanes) is 1. The summed E-state index contributed by atoms with van der Waals surface area (Å²) in [7, 11) is 2.50. The number of halogens is 3. The van der Waals surface area contributed by atoms with E-state index < -0.39 is 41.5 Å². The minimum Gasteiger partial charge on any atom is -0.644 e. The quantitative estimate of drug-likeness (QED) is 0.0484. The molecule has 2 amide bonds. The maximum Gasteiger partial charge on any atom is 2.00 e. The molecular weight excluding hydrogens is 1050 g/mol. The van der Waals surface area contributed by atoms with Gasteiger partial charge in [0, 0.05) is 46.8 Å². The Hall–Kier alpha value is -5.80. The number of aliphatic hydroxyl groups is 1. The molecule has 2 unspecified atom stereocenters. The van der Waals surface area contributed by atoms with E-state index in [2.05, 4.69) is 17.6 Å². The first-order chi connectivity index (χ1) is 31.1. The number of carbonyl (C=O) groups excluding carboxylic acids is 5. The topological polar surface area (TPSA) is 214 Å². The van der Waals surface area contributed by atoms with E-state index in [9.17, 15) is 42.7 Å². The van der Waals surface area contributed by atoms with Gasteiger partial charge in [-0.2, -0.15) is 6.42 Å². The van der Waals surface area contributed by atoms with Crippen LogP contribution in [-0.4, -0.2) is 83.6 Å². The molecule has 0 fully saturated rings. The Morgan fingerprint density at radius 2 is 1.56 bits per heavy atom. The summed E-state index contributed by atoms with van der Waals surface area (Å²) in [6.07, 6.45) is 1.70. The molecule has 66 heavy (non-hydrogen) atoms. The minimum atomic E-state index is -1.34. The second-order valence-electron chi connectivity index (χ2n) is 13.8. The van der Waals surface area contributed by atoms with Gasteiger partial charge in [-0.15, -0.1) is 0 Å². The Morgan fingerprint density at radius 1 is 0.909 bits per heavy atom. The number of aromatic nitrogens is 1. The second-order valence-corrected chi connectivity index (χ2v) is 14.2. The Morgan fingerprint density at radius 3 is 2.12 bits per heavy atom. The normalized spacial score (nSPS) is 11.0. The fraction of sp³-hybridized carbons (Fsp3) is 0.312. The van der Waals surface area contributed by atoms with Crippen LogP contribution in [0.3, 0.4) is 0 Å². The van der Waals surface area contributed by atoms with Crippen LogP contribution in [0.1, 0.15) is 84.8 Å². The monoisotopic (exact) mass is 1100 g/mol. The molecule has 1 aromatic heterocycles. The van der Waals surface area contributed by atoms with Crippen LogP contribution in [0.25, 0.3) is 27.8 Å².